The molecule has 194 valence electrons. The Morgan fingerprint density at radius 2 is 1.86 bits per heavy atom. The molecule has 4 fully saturated rings. The topological polar surface area (TPSA) is 108 Å². The van der Waals surface area contributed by atoms with Gasteiger partial charge in [0.05, 0.1) is 22.9 Å². The number of halogens is 1. The van der Waals surface area contributed by atoms with Crippen LogP contribution in [0.15, 0.2) is 36.4 Å². The first-order chi connectivity index (χ1) is 17.7. The number of benzene rings is 1. The fraction of sp³-hybridized carbons (Fsp3) is 0.519. The number of nitrogens with zero attached hydrogens (tertiary/aromatic N) is 5. The van der Waals surface area contributed by atoms with E-state index in [-0.39, 0.29) is 27.7 Å². The normalized spacial score (nSPS) is 28.0. The third-order valence-corrected chi connectivity index (χ3v) is 9.20. The van der Waals surface area contributed by atoms with Crippen LogP contribution >= 0.6 is 11.6 Å². The van der Waals surface area contributed by atoms with Gasteiger partial charge < -0.3 is 15.4 Å². The SMILES string of the molecule is Cc1cc(NC(=O)CC23CC4CC(C2)CC(n2nc([N+](=O)[O-])c(Cl)c2C)(C4)C3)nn1Cc1ccccc1. The largest absolute Gasteiger partial charge is 0.408 e. The maximum Gasteiger partial charge on any atom is 0.408 e. The Labute approximate surface area is 220 Å². The molecule has 0 radical (unpaired) electrons. The molecule has 4 bridgehead atoms. The minimum Gasteiger partial charge on any atom is -0.358 e. The molecule has 2 unspecified atom stereocenters. The van der Waals surface area contributed by atoms with Crippen LogP contribution in [0.3, 0.4) is 0 Å². The molecule has 2 heterocycles. The lowest BCUT2D eigenvalue weighted by Crippen LogP contribution is -2.57. The number of aromatic nitrogens is 4. The van der Waals surface area contributed by atoms with Gasteiger partial charge in [-0.1, -0.05) is 41.9 Å². The highest BCUT2D eigenvalue weighted by Crippen LogP contribution is 2.65. The van der Waals surface area contributed by atoms with Crippen LogP contribution in [0, 0.1) is 41.2 Å². The molecule has 4 aliphatic carbocycles. The van der Waals surface area contributed by atoms with Crippen molar-refractivity contribution in [2.45, 2.75) is 70.9 Å². The Balaban J connectivity index is 1.21. The van der Waals surface area contributed by atoms with E-state index in [4.69, 9.17) is 11.6 Å². The second-order valence-electron chi connectivity index (χ2n) is 11.6. The van der Waals surface area contributed by atoms with E-state index in [9.17, 15) is 14.9 Å². The summed E-state index contributed by atoms with van der Waals surface area (Å²) in [7, 11) is 0. The van der Waals surface area contributed by atoms with Gasteiger partial charge in [-0.3, -0.25) is 9.48 Å². The van der Waals surface area contributed by atoms with Gasteiger partial charge in [-0.05, 0) is 80.1 Å². The molecule has 1 N–H and O–H groups in total. The van der Waals surface area contributed by atoms with Crippen LogP contribution < -0.4 is 5.32 Å². The van der Waals surface area contributed by atoms with E-state index in [1.54, 1.807) is 0 Å². The summed E-state index contributed by atoms with van der Waals surface area (Å²) in [4.78, 5) is 24.3. The monoisotopic (exact) mass is 522 g/mol. The first kappa shape index (κ1) is 24.2. The number of hydrogen-bond donors (Lipinski definition) is 1. The molecule has 4 saturated carbocycles. The van der Waals surface area contributed by atoms with E-state index < -0.39 is 4.92 Å². The Morgan fingerprint density at radius 1 is 1.16 bits per heavy atom. The predicted molar refractivity (Wildman–Crippen MR) is 139 cm³/mol. The van der Waals surface area contributed by atoms with Crippen molar-refractivity contribution >= 4 is 29.1 Å². The van der Waals surface area contributed by atoms with E-state index in [1.165, 1.54) is 0 Å². The summed E-state index contributed by atoms with van der Waals surface area (Å²) in [6.45, 7) is 4.45. The van der Waals surface area contributed by atoms with Crippen LogP contribution in [0.1, 0.15) is 61.9 Å². The highest BCUT2D eigenvalue weighted by atomic mass is 35.5. The van der Waals surface area contributed by atoms with Crippen molar-refractivity contribution in [3.8, 4) is 0 Å². The fourth-order valence-corrected chi connectivity index (χ4v) is 8.11. The highest BCUT2D eigenvalue weighted by molar-refractivity contribution is 6.33. The Kier molecular flexibility index (Phi) is 5.67. The second-order valence-corrected chi connectivity index (χ2v) is 12.0. The molecular weight excluding hydrogens is 492 g/mol. The first-order valence-electron chi connectivity index (χ1n) is 12.9. The summed E-state index contributed by atoms with van der Waals surface area (Å²) in [5.41, 5.74) is 2.32. The molecule has 0 aliphatic heterocycles. The minimum absolute atomic E-state index is 0.0253. The number of nitrogens with one attached hydrogen (secondary N) is 1. The highest BCUT2D eigenvalue weighted by Gasteiger charge is 2.60. The molecule has 10 heteroatoms. The summed E-state index contributed by atoms with van der Waals surface area (Å²) in [5, 5.41) is 23.7. The van der Waals surface area contributed by atoms with Gasteiger partial charge in [0.25, 0.3) is 0 Å². The van der Waals surface area contributed by atoms with E-state index in [1.807, 2.05) is 47.5 Å². The summed E-state index contributed by atoms with van der Waals surface area (Å²) in [6, 6.07) is 12.0. The molecule has 0 saturated heterocycles. The van der Waals surface area contributed by atoms with Gasteiger partial charge in [-0.25, -0.2) is 0 Å². The van der Waals surface area contributed by atoms with Gasteiger partial charge in [0.15, 0.2) is 10.8 Å². The minimum atomic E-state index is -0.505. The van der Waals surface area contributed by atoms with Gasteiger partial charge in [0.1, 0.15) is 0 Å². The van der Waals surface area contributed by atoms with Crippen LogP contribution in [0.25, 0.3) is 0 Å². The third-order valence-electron chi connectivity index (χ3n) is 8.76. The number of anilines is 1. The molecule has 2 atom stereocenters. The number of aryl methyl sites for hydroxylation is 1. The number of carbonyl (C=O) groups excluding carboxylic acids is 1. The summed E-state index contributed by atoms with van der Waals surface area (Å²) in [5.74, 6) is 1.25. The maximum atomic E-state index is 13.3. The number of rotatable bonds is 7. The van der Waals surface area contributed by atoms with Gasteiger partial charge in [0.2, 0.25) is 5.91 Å². The zero-order valence-corrected chi connectivity index (χ0v) is 21.9. The van der Waals surface area contributed by atoms with E-state index in [0.717, 1.165) is 49.8 Å². The molecule has 4 aliphatic rings. The summed E-state index contributed by atoms with van der Waals surface area (Å²) >= 11 is 6.33. The summed E-state index contributed by atoms with van der Waals surface area (Å²) in [6.07, 6.45) is 6.26. The van der Waals surface area contributed by atoms with Crippen molar-refractivity contribution in [2.24, 2.45) is 17.3 Å². The van der Waals surface area contributed by atoms with Gasteiger partial charge in [-0.15, -0.1) is 0 Å². The van der Waals surface area contributed by atoms with Crippen LogP contribution in [0.2, 0.25) is 5.02 Å². The van der Waals surface area contributed by atoms with Crippen molar-refractivity contribution in [2.75, 3.05) is 5.32 Å². The molecule has 9 nitrogen and oxygen atoms in total. The molecule has 37 heavy (non-hydrogen) atoms. The lowest BCUT2D eigenvalue weighted by Gasteiger charge is -2.61. The quantitative estimate of drug-likeness (QED) is 0.319. The van der Waals surface area contributed by atoms with Gasteiger partial charge in [-0.2, -0.15) is 9.78 Å². The number of amides is 1. The molecule has 3 aromatic rings. The number of nitro groups is 1. The van der Waals surface area contributed by atoms with Gasteiger partial charge >= 0.3 is 5.82 Å². The fourth-order valence-electron chi connectivity index (χ4n) is 7.92. The van der Waals surface area contributed by atoms with Crippen LogP contribution in [-0.2, 0) is 16.9 Å². The van der Waals surface area contributed by atoms with Crippen molar-refractivity contribution in [3.05, 3.63) is 68.5 Å². The van der Waals surface area contributed by atoms with Crippen molar-refractivity contribution in [1.82, 2.24) is 19.6 Å². The van der Waals surface area contributed by atoms with Crippen molar-refractivity contribution < 1.29 is 9.72 Å². The molecular formula is C27H31ClN6O3. The van der Waals surface area contributed by atoms with Crippen LogP contribution in [-0.4, -0.2) is 30.4 Å². The Bertz CT molecular complexity index is 1370. The molecule has 2 aromatic heterocycles. The zero-order chi connectivity index (χ0) is 25.9. The molecule has 1 aromatic carbocycles. The van der Waals surface area contributed by atoms with Crippen molar-refractivity contribution in [1.29, 1.82) is 0 Å². The maximum absolute atomic E-state index is 13.3. The molecule has 7 rings (SSSR count). The third kappa shape index (κ3) is 4.23. The smallest absolute Gasteiger partial charge is 0.358 e. The number of carbonyl (C=O) groups is 1. The average molecular weight is 523 g/mol. The predicted octanol–water partition coefficient (Wildman–Crippen LogP) is 5.63. The standard InChI is InChI=1S/C27H31ClN6O3/c1-17-8-22(30-32(17)15-19-6-4-3-5-7-19)29-23(35)14-26-10-20-9-21(11-26)13-27(12-20,16-26)33-18(2)24(28)25(31-33)34(36)37/h3-8,20-21H,9-16H2,1-2H3,(H,29,30,35). The van der Waals surface area contributed by atoms with E-state index in [2.05, 4.69) is 27.6 Å². The number of hydrogen-bond acceptors (Lipinski definition) is 5. The average Bonchev–Trinajstić information content (AvgIpc) is 3.31. The Hall–Kier alpha value is -3.20. The van der Waals surface area contributed by atoms with E-state index >= 15 is 0 Å². The second kappa shape index (κ2) is 8.68. The van der Waals surface area contributed by atoms with Crippen molar-refractivity contribution in [3.63, 3.8) is 0 Å². The summed E-state index contributed by atoms with van der Waals surface area (Å²) < 4.78 is 3.74. The van der Waals surface area contributed by atoms with E-state index in [0.29, 0.717) is 36.3 Å². The lowest BCUT2D eigenvalue weighted by atomic mass is 9.46. The van der Waals surface area contributed by atoms with Gasteiger partial charge in [0, 0.05) is 18.2 Å². The molecule has 1 amide bonds. The Morgan fingerprint density at radius 3 is 2.51 bits per heavy atom. The van der Waals surface area contributed by atoms with Crippen LogP contribution in [0.4, 0.5) is 11.6 Å². The zero-order valence-electron chi connectivity index (χ0n) is 21.1. The van der Waals surface area contributed by atoms with Crippen LogP contribution in [0.5, 0.6) is 0 Å². The first-order valence-corrected chi connectivity index (χ1v) is 13.3. The molecule has 0 spiro atoms. The lowest BCUT2D eigenvalue weighted by molar-refractivity contribution is -0.389.